The fourth-order valence-corrected chi connectivity index (χ4v) is 3.90. The van der Waals surface area contributed by atoms with E-state index in [9.17, 15) is 14.4 Å². The first-order valence-electron chi connectivity index (χ1n) is 11.8. The highest BCUT2D eigenvalue weighted by Crippen LogP contribution is 2.27. The summed E-state index contributed by atoms with van der Waals surface area (Å²) in [4.78, 5) is 39.8. The fourth-order valence-electron chi connectivity index (χ4n) is 3.90. The molecular formula is C28H35NO6. The summed E-state index contributed by atoms with van der Waals surface area (Å²) in [5, 5.41) is 0. The molecule has 2 aromatic rings. The third kappa shape index (κ3) is 7.07. The highest BCUT2D eigenvalue weighted by Gasteiger charge is 2.45. The van der Waals surface area contributed by atoms with Crippen molar-refractivity contribution >= 4 is 18.0 Å². The van der Waals surface area contributed by atoms with Gasteiger partial charge in [-0.15, -0.1) is 0 Å². The minimum absolute atomic E-state index is 0.0475. The number of carbonyl (C=O) groups excluding carboxylic acids is 3. The smallest absolute Gasteiger partial charge is 0.411 e. The number of benzene rings is 2. The van der Waals surface area contributed by atoms with Crippen LogP contribution in [-0.4, -0.2) is 52.8 Å². The first-order chi connectivity index (χ1) is 16.2. The zero-order chi connectivity index (χ0) is 26.0. The Balaban J connectivity index is 1.73. The molecule has 0 bridgehead atoms. The van der Waals surface area contributed by atoms with Crippen LogP contribution in [0, 0.1) is 6.92 Å². The first kappa shape index (κ1) is 26.3. The van der Waals surface area contributed by atoms with E-state index >= 15 is 0 Å². The van der Waals surface area contributed by atoms with E-state index in [2.05, 4.69) is 0 Å². The number of amides is 1. The Morgan fingerprint density at radius 2 is 1.46 bits per heavy atom. The van der Waals surface area contributed by atoms with Crippen molar-refractivity contribution in [1.29, 1.82) is 0 Å². The van der Waals surface area contributed by atoms with E-state index in [0.29, 0.717) is 5.56 Å². The van der Waals surface area contributed by atoms with Crippen molar-refractivity contribution in [3.8, 4) is 11.1 Å². The van der Waals surface area contributed by atoms with Crippen molar-refractivity contribution in [1.82, 2.24) is 4.90 Å². The number of likely N-dealkylation sites (tertiary alicyclic amines) is 1. The van der Waals surface area contributed by atoms with Gasteiger partial charge in [0.05, 0.1) is 12.1 Å². The number of hydrogen-bond donors (Lipinski definition) is 0. The molecule has 0 saturated carbocycles. The maximum Gasteiger partial charge on any atom is 0.411 e. The van der Waals surface area contributed by atoms with E-state index in [1.54, 1.807) is 53.7 Å². The number of ether oxygens (including phenoxy) is 3. The fraction of sp³-hybridized carbons (Fsp3) is 0.464. The molecule has 2 aromatic carbocycles. The van der Waals surface area contributed by atoms with Crippen LogP contribution < -0.4 is 0 Å². The molecule has 188 valence electrons. The molecule has 3 rings (SSSR count). The molecule has 1 fully saturated rings. The number of esters is 2. The SMILES string of the molecule is Cc1ccccc1-c1ccc(C(=O)O[C@H]2C[C@@H](C(=O)OC(C)(C)C)N(C(=O)OC(C)(C)C)C2)cc1. The molecule has 7 nitrogen and oxygen atoms in total. The van der Waals surface area contributed by atoms with E-state index in [4.69, 9.17) is 14.2 Å². The predicted octanol–water partition coefficient (Wildman–Crippen LogP) is 5.54. The van der Waals surface area contributed by atoms with Crippen molar-refractivity contribution in [2.75, 3.05) is 6.54 Å². The Bertz CT molecular complexity index is 1040. The van der Waals surface area contributed by atoms with Gasteiger partial charge in [-0.2, -0.15) is 0 Å². The van der Waals surface area contributed by atoms with Gasteiger partial charge in [0.15, 0.2) is 0 Å². The van der Waals surface area contributed by atoms with Gasteiger partial charge in [0, 0.05) is 6.42 Å². The van der Waals surface area contributed by atoms with Crippen LogP contribution in [0.1, 0.15) is 63.9 Å². The molecule has 7 heteroatoms. The second-order valence-corrected chi connectivity index (χ2v) is 10.8. The lowest BCUT2D eigenvalue weighted by atomic mass is 10.00. The van der Waals surface area contributed by atoms with Gasteiger partial charge in [0.25, 0.3) is 0 Å². The molecule has 0 N–H and O–H groups in total. The molecule has 1 aliphatic rings. The van der Waals surface area contributed by atoms with E-state index < -0.39 is 41.4 Å². The average molecular weight is 482 g/mol. The molecule has 1 saturated heterocycles. The number of carbonyl (C=O) groups is 3. The Morgan fingerprint density at radius 1 is 0.857 bits per heavy atom. The molecule has 1 heterocycles. The van der Waals surface area contributed by atoms with Gasteiger partial charge >= 0.3 is 18.0 Å². The largest absolute Gasteiger partial charge is 0.458 e. The van der Waals surface area contributed by atoms with Crippen molar-refractivity contribution in [2.45, 2.75) is 78.2 Å². The standard InChI is InChI=1S/C28H35NO6/c1-18-10-8-9-11-22(18)19-12-14-20(15-13-19)24(30)33-21-16-23(25(31)34-27(2,3)4)29(17-21)26(32)35-28(5,6)7/h8-15,21,23H,16-17H2,1-7H3/t21-,23-/m0/s1. The third-order valence-corrected chi connectivity index (χ3v) is 5.42. The Kier molecular flexibility index (Phi) is 7.58. The zero-order valence-electron chi connectivity index (χ0n) is 21.6. The van der Waals surface area contributed by atoms with Crippen LogP contribution in [0.5, 0.6) is 0 Å². The van der Waals surface area contributed by atoms with Gasteiger partial charge < -0.3 is 14.2 Å². The van der Waals surface area contributed by atoms with Crippen molar-refractivity contribution in [3.63, 3.8) is 0 Å². The van der Waals surface area contributed by atoms with E-state index in [1.165, 1.54) is 4.90 Å². The maximum atomic E-state index is 12.9. The summed E-state index contributed by atoms with van der Waals surface area (Å²) >= 11 is 0. The summed E-state index contributed by atoms with van der Waals surface area (Å²) in [7, 11) is 0. The topological polar surface area (TPSA) is 82.1 Å². The number of aryl methyl sites for hydroxylation is 1. The van der Waals surface area contributed by atoms with Crippen LogP contribution >= 0.6 is 0 Å². The van der Waals surface area contributed by atoms with Crippen LogP contribution in [0.4, 0.5) is 4.79 Å². The van der Waals surface area contributed by atoms with Gasteiger partial charge in [-0.05, 0) is 77.3 Å². The number of nitrogens with zero attached hydrogens (tertiary/aromatic N) is 1. The molecule has 0 aliphatic carbocycles. The molecule has 0 radical (unpaired) electrons. The summed E-state index contributed by atoms with van der Waals surface area (Å²) in [6.07, 6.45) is -1.17. The quantitative estimate of drug-likeness (QED) is 0.421. The molecular weight excluding hydrogens is 446 g/mol. The lowest BCUT2D eigenvalue weighted by Crippen LogP contribution is -2.45. The lowest BCUT2D eigenvalue weighted by molar-refractivity contribution is -0.160. The number of rotatable bonds is 4. The molecule has 0 aromatic heterocycles. The van der Waals surface area contributed by atoms with Gasteiger partial charge in [0.1, 0.15) is 23.3 Å². The van der Waals surface area contributed by atoms with E-state index in [0.717, 1.165) is 16.7 Å². The van der Waals surface area contributed by atoms with E-state index in [-0.39, 0.29) is 13.0 Å². The van der Waals surface area contributed by atoms with Gasteiger partial charge in [-0.1, -0.05) is 36.4 Å². The molecule has 2 atom stereocenters. The zero-order valence-corrected chi connectivity index (χ0v) is 21.6. The summed E-state index contributed by atoms with van der Waals surface area (Å²) in [5.41, 5.74) is 2.18. The minimum Gasteiger partial charge on any atom is -0.458 e. The summed E-state index contributed by atoms with van der Waals surface area (Å²) in [6, 6.07) is 14.3. The van der Waals surface area contributed by atoms with Gasteiger partial charge in [-0.3, -0.25) is 4.90 Å². The molecule has 1 amide bonds. The molecule has 0 spiro atoms. The van der Waals surface area contributed by atoms with Crippen LogP contribution in [-0.2, 0) is 19.0 Å². The lowest BCUT2D eigenvalue weighted by Gasteiger charge is -2.29. The van der Waals surface area contributed by atoms with E-state index in [1.807, 2.05) is 43.3 Å². The van der Waals surface area contributed by atoms with Crippen molar-refractivity contribution in [3.05, 3.63) is 59.7 Å². The Labute approximate surface area is 207 Å². The highest BCUT2D eigenvalue weighted by atomic mass is 16.6. The summed E-state index contributed by atoms with van der Waals surface area (Å²) < 4.78 is 16.7. The van der Waals surface area contributed by atoms with Gasteiger partial charge in [0.2, 0.25) is 0 Å². The molecule has 1 aliphatic heterocycles. The van der Waals surface area contributed by atoms with Crippen LogP contribution in [0.15, 0.2) is 48.5 Å². The number of hydrogen-bond acceptors (Lipinski definition) is 6. The van der Waals surface area contributed by atoms with Crippen molar-refractivity contribution in [2.24, 2.45) is 0 Å². The third-order valence-electron chi connectivity index (χ3n) is 5.42. The normalized spacial score (nSPS) is 18.2. The summed E-state index contributed by atoms with van der Waals surface area (Å²) in [5.74, 6) is -1.06. The Hall–Kier alpha value is -3.35. The maximum absolute atomic E-state index is 12.9. The predicted molar refractivity (Wildman–Crippen MR) is 133 cm³/mol. The molecule has 35 heavy (non-hydrogen) atoms. The minimum atomic E-state index is -0.898. The second kappa shape index (κ2) is 10.1. The van der Waals surface area contributed by atoms with Crippen LogP contribution in [0.25, 0.3) is 11.1 Å². The van der Waals surface area contributed by atoms with Crippen molar-refractivity contribution < 1.29 is 28.6 Å². The van der Waals surface area contributed by atoms with Gasteiger partial charge in [-0.25, -0.2) is 14.4 Å². The molecule has 0 unspecified atom stereocenters. The highest BCUT2D eigenvalue weighted by molar-refractivity contribution is 5.90. The monoisotopic (exact) mass is 481 g/mol. The Morgan fingerprint density at radius 3 is 2.03 bits per heavy atom. The average Bonchev–Trinajstić information content (AvgIpc) is 3.16. The summed E-state index contributed by atoms with van der Waals surface area (Å²) in [6.45, 7) is 12.6. The van der Waals surface area contributed by atoms with Crippen LogP contribution in [0.3, 0.4) is 0 Å². The first-order valence-corrected chi connectivity index (χ1v) is 11.8. The van der Waals surface area contributed by atoms with Crippen LogP contribution in [0.2, 0.25) is 0 Å². The second-order valence-electron chi connectivity index (χ2n) is 10.8.